The first-order valence-electron chi connectivity index (χ1n) is 9.54. The van der Waals surface area contributed by atoms with Crippen LogP contribution in [0.15, 0.2) is 30.3 Å². The molecule has 2 amide bonds. The van der Waals surface area contributed by atoms with Crippen LogP contribution in [-0.2, 0) is 16.1 Å². The van der Waals surface area contributed by atoms with Gasteiger partial charge >= 0.3 is 0 Å². The number of likely N-dealkylation sites (N-methyl/N-ethyl adjacent to an activating group) is 1. The van der Waals surface area contributed by atoms with Crippen molar-refractivity contribution in [3.63, 3.8) is 0 Å². The average molecular weight is 472 g/mol. The van der Waals surface area contributed by atoms with Crippen molar-refractivity contribution < 1.29 is 14.3 Å². The average Bonchev–Trinajstić information content (AvgIpc) is 2.69. The first-order chi connectivity index (χ1) is 14.1. The molecule has 2 rings (SSSR count). The third kappa shape index (κ3) is 6.27. The second-order valence-corrected chi connectivity index (χ2v) is 8.21. The molecule has 0 spiro atoms. The van der Waals surface area contributed by atoms with E-state index in [1.807, 2.05) is 20.8 Å². The van der Waals surface area contributed by atoms with Gasteiger partial charge in [0, 0.05) is 28.2 Å². The van der Waals surface area contributed by atoms with Gasteiger partial charge in [-0.3, -0.25) is 9.59 Å². The van der Waals surface area contributed by atoms with E-state index in [0.717, 1.165) is 11.1 Å². The van der Waals surface area contributed by atoms with Crippen molar-refractivity contribution in [3.8, 4) is 5.75 Å². The van der Waals surface area contributed by atoms with Crippen molar-refractivity contribution in [2.24, 2.45) is 0 Å². The molecule has 162 valence electrons. The summed E-state index contributed by atoms with van der Waals surface area (Å²) in [7, 11) is 0. The highest BCUT2D eigenvalue weighted by Crippen LogP contribution is 2.26. The van der Waals surface area contributed by atoms with Gasteiger partial charge in [-0.1, -0.05) is 40.9 Å². The third-order valence-corrected chi connectivity index (χ3v) is 5.83. The number of rotatable bonds is 8. The van der Waals surface area contributed by atoms with Crippen LogP contribution in [0, 0.1) is 13.8 Å². The molecule has 2 aromatic carbocycles. The van der Waals surface area contributed by atoms with Crippen molar-refractivity contribution in [2.75, 3.05) is 13.2 Å². The molecule has 1 unspecified atom stereocenters. The maximum Gasteiger partial charge on any atom is 0.261 e. The number of hydrogen-bond acceptors (Lipinski definition) is 3. The van der Waals surface area contributed by atoms with Gasteiger partial charge in [0.1, 0.15) is 11.8 Å². The van der Waals surface area contributed by atoms with E-state index in [4.69, 9.17) is 39.5 Å². The van der Waals surface area contributed by atoms with Gasteiger partial charge in [-0.15, -0.1) is 0 Å². The Morgan fingerprint density at radius 3 is 2.30 bits per heavy atom. The van der Waals surface area contributed by atoms with Gasteiger partial charge in [0.25, 0.3) is 5.91 Å². The number of carbonyl (C=O) groups is 2. The molecule has 0 aliphatic carbocycles. The van der Waals surface area contributed by atoms with E-state index >= 15 is 0 Å². The van der Waals surface area contributed by atoms with Crippen LogP contribution >= 0.6 is 34.8 Å². The zero-order valence-electron chi connectivity index (χ0n) is 17.4. The van der Waals surface area contributed by atoms with Crippen LogP contribution in [0.25, 0.3) is 0 Å². The van der Waals surface area contributed by atoms with Crippen molar-refractivity contribution >= 4 is 46.6 Å². The molecule has 30 heavy (non-hydrogen) atoms. The Kier molecular flexibility index (Phi) is 8.83. The Morgan fingerprint density at radius 1 is 1.10 bits per heavy atom. The quantitative estimate of drug-likeness (QED) is 0.576. The minimum absolute atomic E-state index is 0.148. The molecule has 0 saturated carbocycles. The summed E-state index contributed by atoms with van der Waals surface area (Å²) in [6, 6.07) is 7.88. The minimum atomic E-state index is -0.707. The lowest BCUT2D eigenvalue weighted by atomic mass is 10.1. The third-order valence-electron chi connectivity index (χ3n) is 4.65. The van der Waals surface area contributed by atoms with E-state index in [-0.39, 0.29) is 25.0 Å². The predicted molar refractivity (Wildman–Crippen MR) is 122 cm³/mol. The first kappa shape index (κ1) is 24.3. The zero-order valence-corrected chi connectivity index (χ0v) is 19.7. The second-order valence-electron chi connectivity index (χ2n) is 6.99. The summed E-state index contributed by atoms with van der Waals surface area (Å²) in [4.78, 5) is 26.9. The number of hydrogen-bond donors (Lipinski definition) is 1. The summed E-state index contributed by atoms with van der Waals surface area (Å²) in [6.07, 6.45) is 0. The fraction of sp³-hybridized carbons (Fsp3) is 0.364. The van der Waals surface area contributed by atoms with Crippen LogP contribution in [0.1, 0.15) is 30.5 Å². The summed E-state index contributed by atoms with van der Waals surface area (Å²) in [5, 5.41) is 4.33. The Hall–Kier alpha value is -1.95. The molecule has 0 aliphatic heterocycles. The Morgan fingerprint density at radius 2 is 1.73 bits per heavy atom. The second kappa shape index (κ2) is 10.9. The van der Waals surface area contributed by atoms with E-state index in [1.165, 1.54) is 4.90 Å². The van der Waals surface area contributed by atoms with E-state index in [9.17, 15) is 9.59 Å². The summed E-state index contributed by atoms with van der Waals surface area (Å²) in [6.45, 7) is 7.62. The van der Waals surface area contributed by atoms with Crippen molar-refractivity contribution in [1.82, 2.24) is 10.2 Å². The molecule has 5 nitrogen and oxygen atoms in total. The van der Waals surface area contributed by atoms with Crippen molar-refractivity contribution in [2.45, 2.75) is 40.3 Å². The normalized spacial score (nSPS) is 11.7. The molecule has 0 bridgehead atoms. The lowest BCUT2D eigenvalue weighted by molar-refractivity contribution is -0.142. The smallest absolute Gasteiger partial charge is 0.261 e. The van der Waals surface area contributed by atoms with Gasteiger partial charge in [0.2, 0.25) is 5.91 Å². The molecule has 0 radical (unpaired) electrons. The molecule has 0 heterocycles. The number of carbonyl (C=O) groups excluding carboxylic acids is 2. The minimum Gasteiger partial charge on any atom is -0.484 e. The Bertz CT molecular complexity index is 911. The van der Waals surface area contributed by atoms with Gasteiger partial charge < -0.3 is 15.0 Å². The van der Waals surface area contributed by atoms with E-state index in [2.05, 4.69) is 5.32 Å². The molecule has 0 aliphatic rings. The van der Waals surface area contributed by atoms with Gasteiger partial charge in [-0.05, 0) is 68.7 Å². The Labute approximate surface area is 192 Å². The van der Waals surface area contributed by atoms with E-state index < -0.39 is 6.04 Å². The monoisotopic (exact) mass is 470 g/mol. The molecule has 8 heteroatoms. The molecule has 0 aromatic heterocycles. The molecular weight excluding hydrogens is 447 g/mol. The van der Waals surface area contributed by atoms with Crippen LogP contribution in [-0.4, -0.2) is 35.9 Å². The standard InChI is InChI=1S/C22H25Cl3N2O3/c1-5-26-22(29)15(4)27(11-16-6-7-17(23)10-19(16)24)20(28)12-30-18-8-13(2)21(25)14(3)9-18/h6-10,15H,5,11-12H2,1-4H3,(H,26,29). The molecule has 1 N–H and O–H groups in total. The van der Waals surface area contributed by atoms with E-state index in [0.29, 0.717) is 32.9 Å². The summed E-state index contributed by atoms with van der Waals surface area (Å²) in [5.74, 6) is -0.0583. The van der Waals surface area contributed by atoms with Gasteiger partial charge in [0.05, 0.1) is 0 Å². The summed E-state index contributed by atoms with van der Waals surface area (Å²) in [5.41, 5.74) is 2.41. The number of nitrogens with one attached hydrogen (secondary N) is 1. The van der Waals surface area contributed by atoms with Crippen LogP contribution in [0.4, 0.5) is 0 Å². The van der Waals surface area contributed by atoms with Crippen LogP contribution in [0.2, 0.25) is 15.1 Å². The SMILES string of the molecule is CCNC(=O)C(C)N(Cc1ccc(Cl)cc1Cl)C(=O)COc1cc(C)c(Cl)c(C)c1. The largest absolute Gasteiger partial charge is 0.484 e. The van der Waals surface area contributed by atoms with Gasteiger partial charge in [-0.2, -0.15) is 0 Å². The highest BCUT2D eigenvalue weighted by molar-refractivity contribution is 6.35. The fourth-order valence-corrected chi connectivity index (χ4v) is 3.53. The lowest BCUT2D eigenvalue weighted by Gasteiger charge is -2.29. The number of nitrogens with zero attached hydrogens (tertiary/aromatic N) is 1. The highest BCUT2D eigenvalue weighted by Gasteiger charge is 2.27. The Balaban J connectivity index is 2.22. The number of halogens is 3. The molecule has 0 saturated heterocycles. The fourth-order valence-electron chi connectivity index (χ4n) is 2.96. The topological polar surface area (TPSA) is 58.6 Å². The maximum atomic E-state index is 13.0. The lowest BCUT2D eigenvalue weighted by Crippen LogP contribution is -2.49. The zero-order chi connectivity index (χ0) is 22.4. The summed E-state index contributed by atoms with van der Waals surface area (Å²) < 4.78 is 5.71. The van der Waals surface area contributed by atoms with Gasteiger partial charge in [-0.25, -0.2) is 0 Å². The van der Waals surface area contributed by atoms with Crippen molar-refractivity contribution in [1.29, 1.82) is 0 Å². The number of amides is 2. The highest BCUT2D eigenvalue weighted by atomic mass is 35.5. The first-order valence-corrected chi connectivity index (χ1v) is 10.7. The maximum absolute atomic E-state index is 13.0. The number of benzene rings is 2. The van der Waals surface area contributed by atoms with Crippen LogP contribution < -0.4 is 10.1 Å². The van der Waals surface area contributed by atoms with Crippen LogP contribution in [0.3, 0.4) is 0 Å². The number of aryl methyl sites for hydroxylation is 2. The molecule has 1 atom stereocenters. The van der Waals surface area contributed by atoms with Crippen LogP contribution in [0.5, 0.6) is 5.75 Å². The molecular formula is C22H25Cl3N2O3. The van der Waals surface area contributed by atoms with Crippen molar-refractivity contribution in [3.05, 3.63) is 62.1 Å². The predicted octanol–water partition coefficient (Wildman–Crippen LogP) is 5.20. The van der Waals surface area contributed by atoms with E-state index in [1.54, 1.807) is 37.3 Å². The molecule has 0 fully saturated rings. The number of ether oxygens (including phenoxy) is 1. The molecule has 2 aromatic rings. The summed E-state index contributed by atoms with van der Waals surface area (Å²) >= 11 is 18.4. The van der Waals surface area contributed by atoms with Gasteiger partial charge in [0.15, 0.2) is 6.61 Å².